The second kappa shape index (κ2) is 7.48. The van der Waals surface area contributed by atoms with E-state index in [0.29, 0.717) is 22.8 Å². The highest BCUT2D eigenvalue weighted by molar-refractivity contribution is 6.02. The first-order chi connectivity index (χ1) is 12.5. The summed E-state index contributed by atoms with van der Waals surface area (Å²) in [6, 6.07) is 17.8. The van der Waals surface area contributed by atoms with Crippen LogP contribution < -0.4 is 5.32 Å². The molecule has 0 saturated carbocycles. The molecule has 26 heavy (non-hydrogen) atoms. The summed E-state index contributed by atoms with van der Waals surface area (Å²) < 4.78 is 5.69. The van der Waals surface area contributed by atoms with E-state index in [1.807, 2.05) is 36.4 Å². The number of anilines is 1. The zero-order valence-electron chi connectivity index (χ0n) is 14.0. The first-order valence-electron chi connectivity index (χ1n) is 7.93. The van der Waals surface area contributed by atoms with Crippen LogP contribution in [-0.4, -0.2) is 10.8 Å². The van der Waals surface area contributed by atoms with E-state index >= 15 is 0 Å². The van der Waals surface area contributed by atoms with Crippen molar-refractivity contribution >= 4 is 23.4 Å². The van der Waals surface area contributed by atoms with Gasteiger partial charge in [0.25, 0.3) is 5.69 Å². The Kier molecular flexibility index (Phi) is 4.94. The number of furan rings is 1. The first-order valence-corrected chi connectivity index (χ1v) is 7.93. The summed E-state index contributed by atoms with van der Waals surface area (Å²) >= 11 is 0. The van der Waals surface area contributed by atoms with E-state index in [-0.39, 0.29) is 5.69 Å². The summed E-state index contributed by atoms with van der Waals surface area (Å²) in [5.74, 6) is 0.848. The second-order valence-corrected chi connectivity index (χ2v) is 5.60. The van der Waals surface area contributed by atoms with E-state index in [0.717, 1.165) is 5.56 Å². The van der Waals surface area contributed by atoms with Crippen LogP contribution in [0.5, 0.6) is 0 Å². The molecule has 1 heterocycles. The van der Waals surface area contributed by atoms with Crippen LogP contribution in [0.1, 0.15) is 11.3 Å². The summed E-state index contributed by atoms with van der Waals surface area (Å²) in [5.41, 5.74) is 1.72. The van der Waals surface area contributed by atoms with E-state index in [2.05, 4.69) is 5.32 Å². The number of amides is 1. The molecular weight excluding hydrogens is 332 g/mol. The summed E-state index contributed by atoms with van der Waals surface area (Å²) in [5, 5.41) is 13.6. The molecule has 0 atom stereocenters. The van der Waals surface area contributed by atoms with E-state index in [9.17, 15) is 14.9 Å². The largest absolute Gasteiger partial charge is 0.457 e. The minimum absolute atomic E-state index is 0.0367. The molecule has 6 nitrogen and oxygen atoms in total. The van der Waals surface area contributed by atoms with Gasteiger partial charge in [-0.15, -0.1) is 0 Å². The average molecular weight is 348 g/mol. The second-order valence-electron chi connectivity index (χ2n) is 5.60. The van der Waals surface area contributed by atoms with Gasteiger partial charge in [-0.05, 0) is 31.2 Å². The van der Waals surface area contributed by atoms with Gasteiger partial charge in [0.05, 0.1) is 16.2 Å². The Labute approximate surface area is 149 Å². The molecule has 6 heteroatoms. The Morgan fingerprint density at radius 1 is 1.08 bits per heavy atom. The van der Waals surface area contributed by atoms with Crippen molar-refractivity contribution in [3.63, 3.8) is 0 Å². The molecule has 0 radical (unpaired) electrons. The average Bonchev–Trinajstić information content (AvgIpc) is 3.11. The lowest BCUT2D eigenvalue weighted by atomic mass is 10.1. The maximum absolute atomic E-state index is 12.1. The van der Waals surface area contributed by atoms with Gasteiger partial charge < -0.3 is 9.73 Å². The normalized spacial score (nSPS) is 10.8. The van der Waals surface area contributed by atoms with Crippen LogP contribution in [0.25, 0.3) is 17.4 Å². The predicted octanol–water partition coefficient (Wildman–Crippen LogP) is 4.82. The van der Waals surface area contributed by atoms with Gasteiger partial charge in [-0.2, -0.15) is 0 Å². The van der Waals surface area contributed by atoms with Crippen molar-refractivity contribution in [2.24, 2.45) is 0 Å². The fourth-order valence-electron chi connectivity index (χ4n) is 2.49. The highest BCUT2D eigenvalue weighted by Gasteiger charge is 2.14. The zero-order valence-corrected chi connectivity index (χ0v) is 14.0. The molecule has 1 N–H and O–H groups in total. The van der Waals surface area contributed by atoms with Crippen molar-refractivity contribution in [1.82, 2.24) is 0 Å². The molecule has 3 rings (SSSR count). The quantitative estimate of drug-likeness (QED) is 0.407. The standard InChI is InChI=1S/C20H16N2O4/c1-14-17(8-5-9-18(14)22(24)25)21-20(23)13-11-16-10-12-19(26-16)15-6-3-2-4-7-15/h2-13H,1H3,(H,21,23)/b13-11+. The van der Waals surface area contributed by atoms with Crippen molar-refractivity contribution in [3.8, 4) is 11.3 Å². The minimum Gasteiger partial charge on any atom is -0.457 e. The van der Waals surface area contributed by atoms with Crippen LogP contribution in [0.15, 0.2) is 71.2 Å². The van der Waals surface area contributed by atoms with Crippen molar-refractivity contribution in [1.29, 1.82) is 0 Å². The monoisotopic (exact) mass is 348 g/mol. The number of hydrogen-bond donors (Lipinski definition) is 1. The van der Waals surface area contributed by atoms with Gasteiger partial charge in [0.1, 0.15) is 11.5 Å². The van der Waals surface area contributed by atoms with Gasteiger partial charge in [-0.1, -0.05) is 36.4 Å². The number of benzene rings is 2. The van der Waals surface area contributed by atoms with Crippen LogP contribution >= 0.6 is 0 Å². The molecule has 0 aliphatic heterocycles. The summed E-state index contributed by atoms with van der Waals surface area (Å²) in [6.07, 6.45) is 2.88. The summed E-state index contributed by atoms with van der Waals surface area (Å²) in [4.78, 5) is 22.6. The number of nitrogens with one attached hydrogen (secondary N) is 1. The van der Waals surface area contributed by atoms with Crippen molar-refractivity contribution in [2.75, 3.05) is 5.32 Å². The van der Waals surface area contributed by atoms with E-state index in [1.54, 1.807) is 25.1 Å². The lowest BCUT2D eigenvalue weighted by molar-refractivity contribution is -0.385. The lowest BCUT2D eigenvalue weighted by Crippen LogP contribution is -2.09. The smallest absolute Gasteiger partial charge is 0.274 e. The van der Waals surface area contributed by atoms with Crippen molar-refractivity contribution < 1.29 is 14.1 Å². The zero-order chi connectivity index (χ0) is 18.5. The number of hydrogen-bond acceptors (Lipinski definition) is 4. The molecule has 0 aliphatic rings. The van der Waals surface area contributed by atoms with Crippen LogP contribution in [0.3, 0.4) is 0 Å². The number of nitrogens with zero attached hydrogens (tertiary/aromatic N) is 1. The maximum Gasteiger partial charge on any atom is 0.274 e. The van der Waals surface area contributed by atoms with E-state index in [1.165, 1.54) is 18.2 Å². The van der Waals surface area contributed by atoms with Crippen LogP contribution in [0, 0.1) is 17.0 Å². The maximum atomic E-state index is 12.1. The third kappa shape index (κ3) is 3.87. The van der Waals surface area contributed by atoms with Gasteiger partial charge in [-0.3, -0.25) is 14.9 Å². The Hall–Kier alpha value is -3.67. The van der Waals surface area contributed by atoms with E-state index in [4.69, 9.17) is 4.42 Å². The molecule has 3 aromatic rings. The number of carbonyl (C=O) groups excluding carboxylic acids is 1. The van der Waals surface area contributed by atoms with E-state index < -0.39 is 10.8 Å². The van der Waals surface area contributed by atoms with Gasteiger partial charge in [0.15, 0.2) is 0 Å². The summed E-state index contributed by atoms with van der Waals surface area (Å²) in [7, 11) is 0. The lowest BCUT2D eigenvalue weighted by Gasteiger charge is -2.06. The molecule has 0 bridgehead atoms. The van der Waals surface area contributed by atoms with Gasteiger partial charge in [0, 0.05) is 17.7 Å². The Balaban J connectivity index is 1.70. The Morgan fingerprint density at radius 2 is 1.85 bits per heavy atom. The number of rotatable bonds is 5. The molecule has 2 aromatic carbocycles. The molecule has 0 spiro atoms. The molecular formula is C20H16N2O4. The molecule has 1 aromatic heterocycles. The van der Waals surface area contributed by atoms with Crippen LogP contribution in [0.4, 0.5) is 11.4 Å². The fourth-order valence-corrected chi connectivity index (χ4v) is 2.49. The molecule has 1 amide bonds. The highest BCUT2D eigenvalue weighted by Crippen LogP contribution is 2.25. The number of nitro benzene ring substituents is 1. The van der Waals surface area contributed by atoms with Gasteiger partial charge in [0.2, 0.25) is 5.91 Å². The predicted molar refractivity (Wildman–Crippen MR) is 99.6 cm³/mol. The number of nitro groups is 1. The van der Waals surface area contributed by atoms with Crippen LogP contribution in [-0.2, 0) is 4.79 Å². The topological polar surface area (TPSA) is 85.4 Å². The SMILES string of the molecule is Cc1c(NC(=O)/C=C/c2ccc(-c3ccccc3)o2)cccc1[N+](=O)[O-]. The molecule has 0 aliphatic carbocycles. The Morgan fingerprint density at radius 3 is 2.58 bits per heavy atom. The number of carbonyl (C=O) groups is 1. The summed E-state index contributed by atoms with van der Waals surface area (Å²) in [6.45, 7) is 1.59. The first kappa shape index (κ1) is 17.2. The van der Waals surface area contributed by atoms with Crippen molar-refractivity contribution in [3.05, 3.63) is 88.2 Å². The minimum atomic E-state index is -0.477. The molecule has 0 fully saturated rings. The van der Waals surface area contributed by atoms with Gasteiger partial charge >= 0.3 is 0 Å². The third-order valence-corrected chi connectivity index (χ3v) is 3.84. The highest BCUT2D eigenvalue weighted by atomic mass is 16.6. The van der Waals surface area contributed by atoms with Crippen molar-refractivity contribution in [2.45, 2.75) is 6.92 Å². The van der Waals surface area contributed by atoms with Gasteiger partial charge in [-0.25, -0.2) is 0 Å². The molecule has 0 saturated heterocycles. The fraction of sp³-hybridized carbons (Fsp3) is 0.0500. The Bertz CT molecular complexity index is 974. The molecule has 130 valence electrons. The third-order valence-electron chi connectivity index (χ3n) is 3.84. The molecule has 0 unspecified atom stereocenters. The van der Waals surface area contributed by atoms with Crippen LogP contribution in [0.2, 0.25) is 0 Å².